The molecule has 2 aliphatic carbocycles. The highest BCUT2D eigenvalue weighted by atomic mass is 16.5. The van der Waals surface area contributed by atoms with Crippen LogP contribution in [0.5, 0.6) is 0 Å². The van der Waals surface area contributed by atoms with Gasteiger partial charge >= 0.3 is 0 Å². The first-order valence-electron chi connectivity index (χ1n) is 12.7. The van der Waals surface area contributed by atoms with Crippen LogP contribution in [0.2, 0.25) is 0 Å². The molecule has 3 amide bonds. The lowest BCUT2D eigenvalue weighted by Crippen LogP contribution is -2.57. The predicted molar refractivity (Wildman–Crippen MR) is 120 cm³/mol. The van der Waals surface area contributed by atoms with E-state index in [-0.39, 0.29) is 35.8 Å². The van der Waals surface area contributed by atoms with E-state index in [9.17, 15) is 14.4 Å². The monoisotopic (exact) mass is 443 g/mol. The van der Waals surface area contributed by atoms with Crippen LogP contribution in [0.25, 0.3) is 0 Å². The summed E-state index contributed by atoms with van der Waals surface area (Å²) in [5, 5.41) is 6.42. The van der Waals surface area contributed by atoms with Gasteiger partial charge in [0.25, 0.3) is 0 Å². The molecule has 7 nitrogen and oxygen atoms in total. The maximum atomic E-state index is 13.7. The number of carbonyl (C=O) groups excluding carboxylic acids is 3. The van der Waals surface area contributed by atoms with Gasteiger partial charge in [-0.2, -0.15) is 0 Å². The van der Waals surface area contributed by atoms with Gasteiger partial charge in [0.05, 0.1) is 17.9 Å². The molecule has 0 radical (unpaired) electrons. The maximum absolute atomic E-state index is 13.7. The van der Waals surface area contributed by atoms with Crippen LogP contribution < -0.4 is 10.6 Å². The highest BCUT2D eigenvalue weighted by molar-refractivity contribution is 6.00. The quantitative estimate of drug-likeness (QED) is 0.639. The van der Waals surface area contributed by atoms with Crippen molar-refractivity contribution >= 4 is 17.7 Å². The third-order valence-corrected chi connectivity index (χ3v) is 8.32. The first-order valence-corrected chi connectivity index (χ1v) is 12.7. The van der Waals surface area contributed by atoms with Crippen molar-refractivity contribution in [3.8, 4) is 0 Å². The number of nitrogens with one attached hydrogen (secondary N) is 2. The SMILES string of the molecule is CC(C)N1C(=O)[C@H]2[C@H](C(=O)NC3CCCCC3)[C@@H]3C=C[C@]2(O3)[C@H]1C(=O)NC1CCCCC1. The molecule has 0 aromatic heterocycles. The van der Waals surface area contributed by atoms with Gasteiger partial charge in [-0.1, -0.05) is 50.7 Å². The second-order valence-corrected chi connectivity index (χ2v) is 10.7. The zero-order valence-corrected chi connectivity index (χ0v) is 19.3. The zero-order valence-electron chi connectivity index (χ0n) is 19.3. The van der Waals surface area contributed by atoms with E-state index >= 15 is 0 Å². The Kier molecular flexibility index (Phi) is 5.81. The number of amides is 3. The Morgan fingerprint density at radius 2 is 1.53 bits per heavy atom. The number of rotatable bonds is 5. The van der Waals surface area contributed by atoms with Crippen LogP contribution in [0.15, 0.2) is 12.2 Å². The zero-order chi connectivity index (χ0) is 22.5. The van der Waals surface area contributed by atoms with Crippen LogP contribution in [0.4, 0.5) is 0 Å². The Morgan fingerprint density at radius 3 is 2.09 bits per heavy atom. The van der Waals surface area contributed by atoms with Gasteiger partial charge in [-0.25, -0.2) is 0 Å². The Labute approximate surface area is 190 Å². The Balaban J connectivity index is 1.40. The molecular formula is C25H37N3O4. The molecule has 2 saturated carbocycles. The molecule has 5 rings (SSSR count). The van der Waals surface area contributed by atoms with Crippen molar-refractivity contribution in [2.45, 2.75) is 114 Å². The van der Waals surface area contributed by atoms with Crippen molar-refractivity contribution in [3.05, 3.63) is 12.2 Å². The second kappa shape index (κ2) is 8.47. The lowest BCUT2D eigenvalue weighted by molar-refractivity contribution is -0.144. The molecule has 5 atom stereocenters. The summed E-state index contributed by atoms with van der Waals surface area (Å²) in [5.74, 6) is -1.56. The maximum Gasteiger partial charge on any atom is 0.246 e. The van der Waals surface area contributed by atoms with E-state index in [4.69, 9.17) is 4.74 Å². The minimum atomic E-state index is -1.04. The fourth-order valence-corrected chi connectivity index (χ4v) is 6.83. The molecule has 0 aromatic carbocycles. The Hall–Kier alpha value is -1.89. The molecule has 3 heterocycles. The molecule has 5 aliphatic rings. The molecule has 3 aliphatic heterocycles. The Morgan fingerprint density at radius 1 is 0.969 bits per heavy atom. The van der Waals surface area contributed by atoms with Crippen molar-refractivity contribution in [2.24, 2.45) is 11.8 Å². The lowest BCUT2D eigenvalue weighted by Gasteiger charge is -2.35. The van der Waals surface area contributed by atoms with Crippen molar-refractivity contribution in [2.75, 3.05) is 0 Å². The van der Waals surface area contributed by atoms with Crippen LogP contribution in [0.3, 0.4) is 0 Å². The summed E-state index contributed by atoms with van der Waals surface area (Å²) in [6.07, 6.45) is 14.3. The lowest BCUT2D eigenvalue weighted by atomic mass is 9.74. The average Bonchev–Trinajstić information content (AvgIpc) is 3.42. The molecule has 176 valence electrons. The minimum absolute atomic E-state index is 0.0940. The minimum Gasteiger partial charge on any atom is -0.359 e. The molecule has 32 heavy (non-hydrogen) atoms. The van der Waals surface area contributed by atoms with Gasteiger partial charge in [-0.05, 0) is 39.5 Å². The van der Waals surface area contributed by atoms with Crippen LogP contribution in [-0.2, 0) is 19.1 Å². The van der Waals surface area contributed by atoms with E-state index < -0.39 is 29.6 Å². The van der Waals surface area contributed by atoms with Gasteiger partial charge in [0, 0.05) is 18.1 Å². The average molecular weight is 444 g/mol. The number of fused-ring (bicyclic) bond motifs is 1. The predicted octanol–water partition coefficient (Wildman–Crippen LogP) is 2.44. The summed E-state index contributed by atoms with van der Waals surface area (Å²) in [5.41, 5.74) is -1.04. The van der Waals surface area contributed by atoms with Gasteiger partial charge < -0.3 is 20.3 Å². The molecule has 2 bridgehead atoms. The summed E-state index contributed by atoms with van der Waals surface area (Å²) in [6.45, 7) is 3.87. The molecule has 2 saturated heterocycles. The van der Waals surface area contributed by atoms with E-state index in [2.05, 4.69) is 10.6 Å². The van der Waals surface area contributed by atoms with Crippen LogP contribution in [0, 0.1) is 11.8 Å². The van der Waals surface area contributed by atoms with Gasteiger partial charge in [-0.3, -0.25) is 14.4 Å². The molecule has 4 fully saturated rings. The number of likely N-dealkylation sites (tertiary alicyclic amines) is 1. The Bertz CT molecular complexity index is 799. The van der Waals surface area contributed by atoms with Gasteiger partial charge in [-0.15, -0.1) is 0 Å². The number of hydrogen-bond acceptors (Lipinski definition) is 4. The highest BCUT2D eigenvalue weighted by Gasteiger charge is 2.73. The first-order chi connectivity index (χ1) is 15.4. The fourth-order valence-electron chi connectivity index (χ4n) is 6.83. The van der Waals surface area contributed by atoms with Crippen molar-refractivity contribution < 1.29 is 19.1 Å². The summed E-state index contributed by atoms with van der Waals surface area (Å²) in [7, 11) is 0. The van der Waals surface area contributed by atoms with Gasteiger partial charge in [0.2, 0.25) is 17.7 Å². The van der Waals surface area contributed by atoms with Crippen LogP contribution >= 0.6 is 0 Å². The van der Waals surface area contributed by atoms with Crippen molar-refractivity contribution in [1.82, 2.24) is 15.5 Å². The molecule has 7 heteroatoms. The van der Waals surface area contributed by atoms with E-state index in [0.29, 0.717) is 0 Å². The van der Waals surface area contributed by atoms with Gasteiger partial charge in [0.1, 0.15) is 11.6 Å². The summed E-state index contributed by atoms with van der Waals surface area (Å²) < 4.78 is 6.39. The topological polar surface area (TPSA) is 87.7 Å². The summed E-state index contributed by atoms with van der Waals surface area (Å²) >= 11 is 0. The fraction of sp³-hybridized carbons (Fsp3) is 0.800. The highest BCUT2D eigenvalue weighted by Crippen LogP contribution is 2.55. The van der Waals surface area contributed by atoms with E-state index in [1.54, 1.807) is 4.90 Å². The summed E-state index contributed by atoms with van der Waals surface area (Å²) in [4.78, 5) is 42.3. The summed E-state index contributed by atoms with van der Waals surface area (Å²) in [6, 6.07) is -0.541. The number of hydrogen-bond donors (Lipinski definition) is 2. The van der Waals surface area contributed by atoms with Crippen LogP contribution in [0.1, 0.15) is 78.1 Å². The second-order valence-electron chi connectivity index (χ2n) is 10.7. The van der Waals surface area contributed by atoms with Crippen molar-refractivity contribution in [3.63, 3.8) is 0 Å². The largest absolute Gasteiger partial charge is 0.359 e. The van der Waals surface area contributed by atoms with Gasteiger partial charge in [0.15, 0.2) is 0 Å². The van der Waals surface area contributed by atoms with Crippen LogP contribution in [-0.4, -0.2) is 58.5 Å². The molecule has 0 aromatic rings. The smallest absolute Gasteiger partial charge is 0.246 e. The van der Waals surface area contributed by atoms with E-state index in [0.717, 1.165) is 51.4 Å². The molecule has 0 unspecified atom stereocenters. The third kappa shape index (κ3) is 3.47. The first kappa shape index (κ1) is 21.9. The molecule has 2 N–H and O–H groups in total. The normalized spacial score (nSPS) is 37.2. The molecule has 1 spiro atoms. The molecular weight excluding hydrogens is 406 g/mol. The van der Waals surface area contributed by atoms with E-state index in [1.165, 1.54) is 12.8 Å². The number of ether oxygens (including phenoxy) is 1. The number of nitrogens with zero attached hydrogens (tertiary/aromatic N) is 1. The van der Waals surface area contributed by atoms with Crippen molar-refractivity contribution in [1.29, 1.82) is 0 Å². The standard InChI is InChI=1S/C25H37N3O4/c1-15(2)28-21(23(30)27-17-11-7-4-8-12-17)25-14-13-18(32-25)19(20(25)24(28)31)22(29)26-16-9-5-3-6-10-16/h13-21H,3-12H2,1-2H3,(H,26,29)(H,27,30)/t18-,19+,20+,21+,25+/m0/s1. The third-order valence-electron chi connectivity index (χ3n) is 8.32. The number of carbonyl (C=O) groups is 3. The van der Waals surface area contributed by atoms with E-state index in [1.807, 2.05) is 26.0 Å².